The molecule has 0 saturated carbocycles. The maximum absolute atomic E-state index is 13.6. The van der Waals surface area contributed by atoms with E-state index in [1.807, 2.05) is 36.9 Å². The van der Waals surface area contributed by atoms with Crippen molar-refractivity contribution in [1.29, 1.82) is 0 Å². The summed E-state index contributed by atoms with van der Waals surface area (Å²) in [5.41, 5.74) is 6.87. The molecule has 1 fully saturated rings. The van der Waals surface area contributed by atoms with Crippen LogP contribution in [-0.2, 0) is 13.0 Å². The molecule has 6 nitrogen and oxygen atoms in total. The monoisotopic (exact) mass is 703 g/mol. The summed E-state index contributed by atoms with van der Waals surface area (Å²) >= 11 is 0. The molecule has 1 saturated heterocycles. The van der Waals surface area contributed by atoms with Gasteiger partial charge in [-0.1, -0.05) is 99.2 Å². The second-order valence-corrected chi connectivity index (χ2v) is 13.1. The van der Waals surface area contributed by atoms with Crippen LogP contribution in [-0.4, -0.2) is 69.2 Å². The Morgan fingerprint density at radius 1 is 0.731 bits per heavy atom. The molecule has 52 heavy (non-hydrogen) atoms. The fourth-order valence-corrected chi connectivity index (χ4v) is 6.47. The summed E-state index contributed by atoms with van der Waals surface area (Å²) in [6.45, 7) is 21.0. The topological polar surface area (TPSA) is 45.2 Å². The number of allylic oxidation sites excluding steroid dienone is 2. The number of hydrogen-bond acceptors (Lipinski definition) is 5. The van der Waals surface area contributed by atoms with Crippen LogP contribution in [0.4, 0.5) is 5.69 Å². The molecule has 4 aromatic carbocycles. The Bertz CT molecular complexity index is 1560. The lowest BCUT2D eigenvalue weighted by atomic mass is 9.88. The highest BCUT2D eigenvalue weighted by atomic mass is 16.5. The minimum Gasteiger partial charge on any atom is -0.497 e. The molecular weight excluding hydrogens is 643 g/mol. The maximum atomic E-state index is 13.6. The number of piperazine rings is 1. The average molecular weight is 704 g/mol. The van der Waals surface area contributed by atoms with Gasteiger partial charge in [0, 0.05) is 62.5 Å². The summed E-state index contributed by atoms with van der Waals surface area (Å²) in [7, 11) is 3.29. The first kappa shape index (κ1) is 41.6. The number of anilines is 1. The van der Waals surface area contributed by atoms with Crippen molar-refractivity contribution in [2.45, 2.75) is 59.4 Å². The molecule has 6 rings (SSSR count). The van der Waals surface area contributed by atoms with Gasteiger partial charge in [0.05, 0.1) is 14.2 Å². The van der Waals surface area contributed by atoms with Crippen molar-refractivity contribution in [3.05, 3.63) is 150 Å². The van der Waals surface area contributed by atoms with E-state index in [0.717, 1.165) is 79.4 Å². The number of amides is 1. The lowest BCUT2D eigenvalue weighted by Crippen LogP contribution is -2.47. The first-order valence-electron chi connectivity index (χ1n) is 18.7. The molecule has 0 atom stereocenters. The first-order chi connectivity index (χ1) is 25.3. The summed E-state index contributed by atoms with van der Waals surface area (Å²) < 4.78 is 10.9. The molecule has 2 aliphatic rings. The molecule has 0 spiro atoms. The molecule has 0 bridgehead atoms. The number of benzene rings is 4. The van der Waals surface area contributed by atoms with Gasteiger partial charge in [-0.25, -0.2) is 0 Å². The van der Waals surface area contributed by atoms with E-state index in [1.54, 1.807) is 26.4 Å². The average Bonchev–Trinajstić information content (AvgIpc) is 3.18. The Labute approximate surface area is 314 Å². The number of carbonyl (C=O) groups is 1. The molecule has 0 unspecified atom stereocenters. The molecule has 0 aliphatic carbocycles. The van der Waals surface area contributed by atoms with Gasteiger partial charge in [-0.15, -0.1) is 13.2 Å². The minimum absolute atomic E-state index is 0.0939. The Balaban J connectivity index is 0.000000737. The number of methoxy groups -OCH3 is 2. The van der Waals surface area contributed by atoms with E-state index < -0.39 is 0 Å². The third kappa shape index (κ3) is 12.4. The van der Waals surface area contributed by atoms with E-state index in [0.29, 0.717) is 19.0 Å². The highest BCUT2D eigenvalue weighted by molar-refractivity contribution is 5.97. The number of carbonyl (C=O) groups excluding carboxylic acids is 1. The van der Waals surface area contributed by atoms with Gasteiger partial charge in [0.15, 0.2) is 0 Å². The van der Waals surface area contributed by atoms with Crippen molar-refractivity contribution in [3.63, 3.8) is 0 Å². The number of hydrogen-bond donors (Lipinski definition) is 0. The quantitative estimate of drug-likeness (QED) is 0.154. The molecule has 0 N–H and O–H groups in total. The number of fused-ring (bicyclic) bond motifs is 1. The van der Waals surface area contributed by atoms with Crippen molar-refractivity contribution in [2.24, 2.45) is 0 Å². The molecule has 4 aromatic rings. The van der Waals surface area contributed by atoms with Gasteiger partial charge in [-0.3, -0.25) is 9.69 Å². The summed E-state index contributed by atoms with van der Waals surface area (Å²) in [5, 5.41) is 0. The first-order valence-corrected chi connectivity index (χ1v) is 18.7. The van der Waals surface area contributed by atoms with Crippen LogP contribution in [0.15, 0.2) is 122 Å². The largest absolute Gasteiger partial charge is 0.497 e. The van der Waals surface area contributed by atoms with Crippen LogP contribution < -0.4 is 14.4 Å². The van der Waals surface area contributed by atoms with Crippen LogP contribution in [0.2, 0.25) is 0 Å². The van der Waals surface area contributed by atoms with E-state index in [4.69, 9.17) is 9.47 Å². The van der Waals surface area contributed by atoms with Crippen molar-refractivity contribution < 1.29 is 14.3 Å². The van der Waals surface area contributed by atoms with Gasteiger partial charge in [0.1, 0.15) is 11.5 Å². The van der Waals surface area contributed by atoms with E-state index >= 15 is 0 Å². The van der Waals surface area contributed by atoms with Gasteiger partial charge >= 0.3 is 0 Å². The zero-order chi connectivity index (χ0) is 37.7. The van der Waals surface area contributed by atoms with Crippen molar-refractivity contribution in [3.8, 4) is 11.5 Å². The zero-order valence-electron chi connectivity index (χ0n) is 32.5. The van der Waals surface area contributed by atoms with E-state index in [-0.39, 0.29) is 5.91 Å². The Kier molecular flexibility index (Phi) is 18.3. The molecule has 2 heterocycles. The second-order valence-electron chi connectivity index (χ2n) is 13.1. The minimum atomic E-state index is 0.0939. The third-order valence-corrected chi connectivity index (χ3v) is 8.92. The lowest BCUT2D eigenvalue weighted by molar-refractivity contribution is 0.0726. The molecule has 6 heteroatoms. The van der Waals surface area contributed by atoms with Gasteiger partial charge in [-0.2, -0.15) is 0 Å². The van der Waals surface area contributed by atoms with Crippen LogP contribution in [0, 0.1) is 0 Å². The van der Waals surface area contributed by atoms with Crippen molar-refractivity contribution in [1.82, 2.24) is 9.80 Å². The van der Waals surface area contributed by atoms with Gasteiger partial charge in [0.2, 0.25) is 0 Å². The maximum Gasteiger partial charge on any atom is 0.254 e. The molecule has 1 amide bonds. The molecular formula is C46H61N3O3. The van der Waals surface area contributed by atoms with Crippen LogP contribution in [0.1, 0.15) is 79.1 Å². The second kappa shape index (κ2) is 22.9. The third-order valence-electron chi connectivity index (χ3n) is 8.92. The summed E-state index contributed by atoms with van der Waals surface area (Å²) in [4.78, 5) is 20.6. The molecule has 278 valence electrons. The summed E-state index contributed by atoms with van der Waals surface area (Å²) in [6, 6.07) is 34.0. The highest BCUT2D eigenvalue weighted by Crippen LogP contribution is 2.30. The number of ether oxygens (including phenoxy) is 2. The standard InChI is InChI=1S/C37H41N3O3.C3H8.2C3H6/c1-42-33-23-28(24-34(26-33)43-2)27-40-18-15-31-13-14-32(25-36(31)37(40)41)39-21-19-38(20-22-39)17-16-35(29-9-5-3-6-10-29)30-11-7-4-8-12-30;3*1-3-2/h3-14,23-26,35H,15-22,27H2,1-2H3;3H2,1-2H3;2*3H,1H2,2H3. The number of rotatable bonds is 10. The Morgan fingerprint density at radius 2 is 1.25 bits per heavy atom. The summed E-state index contributed by atoms with van der Waals surface area (Å²) in [5.74, 6) is 1.96. The summed E-state index contributed by atoms with van der Waals surface area (Å²) in [6.07, 6.45) is 6.70. The van der Waals surface area contributed by atoms with Gasteiger partial charge in [-0.05, 0) is 79.8 Å². The zero-order valence-corrected chi connectivity index (χ0v) is 32.5. The number of nitrogens with zero attached hydrogens (tertiary/aromatic N) is 3. The van der Waals surface area contributed by atoms with Crippen molar-refractivity contribution >= 4 is 11.6 Å². The normalized spacial score (nSPS) is 13.6. The Morgan fingerprint density at radius 3 is 1.75 bits per heavy atom. The fraction of sp³-hybridized carbons (Fsp3) is 0.370. The molecule has 0 aromatic heterocycles. The Hall–Kier alpha value is -4.81. The van der Waals surface area contributed by atoms with E-state index in [2.05, 4.69) is 116 Å². The fourth-order valence-electron chi connectivity index (χ4n) is 6.47. The lowest BCUT2D eigenvalue weighted by Gasteiger charge is -2.37. The predicted molar refractivity (Wildman–Crippen MR) is 220 cm³/mol. The van der Waals surface area contributed by atoms with Gasteiger partial charge < -0.3 is 19.3 Å². The molecule has 0 radical (unpaired) electrons. The van der Waals surface area contributed by atoms with E-state index in [9.17, 15) is 4.79 Å². The van der Waals surface area contributed by atoms with Gasteiger partial charge in [0.25, 0.3) is 5.91 Å². The van der Waals surface area contributed by atoms with Crippen molar-refractivity contribution in [2.75, 3.05) is 58.4 Å². The highest BCUT2D eigenvalue weighted by Gasteiger charge is 2.27. The SMILES string of the molecule is C=CC.C=CC.CCC.COc1cc(CN2CCc3ccc(N4CCN(CCC(c5ccccc5)c5ccccc5)CC4)cc3C2=O)cc(OC)c1. The smallest absolute Gasteiger partial charge is 0.254 e. The molecule has 2 aliphatic heterocycles. The van der Waals surface area contributed by atoms with E-state index in [1.165, 1.54) is 17.5 Å². The van der Waals surface area contributed by atoms with Crippen LogP contribution in [0.3, 0.4) is 0 Å². The van der Waals surface area contributed by atoms with Crippen LogP contribution in [0.5, 0.6) is 11.5 Å². The van der Waals surface area contributed by atoms with Crippen LogP contribution >= 0.6 is 0 Å². The predicted octanol–water partition coefficient (Wildman–Crippen LogP) is 10.0. The van der Waals surface area contributed by atoms with Crippen LogP contribution in [0.25, 0.3) is 0 Å².